The summed E-state index contributed by atoms with van der Waals surface area (Å²) in [4.78, 5) is 2.79. The second-order valence-corrected chi connectivity index (χ2v) is 6.86. The van der Waals surface area contributed by atoms with Crippen LogP contribution in [0.4, 0.5) is 0 Å². The third-order valence-corrected chi connectivity index (χ3v) is 5.20. The number of nitrogens with one attached hydrogen (secondary N) is 1. The summed E-state index contributed by atoms with van der Waals surface area (Å²) >= 11 is 0. The molecule has 0 bridgehead atoms. The Bertz CT molecular complexity index is 453. The summed E-state index contributed by atoms with van der Waals surface area (Å²) in [6.07, 6.45) is 8.06. The molecule has 1 saturated carbocycles. The van der Waals surface area contributed by atoms with Crippen molar-refractivity contribution >= 4 is 0 Å². The lowest BCUT2D eigenvalue weighted by Gasteiger charge is -2.37. The maximum absolute atomic E-state index is 3.64. The molecule has 2 aliphatic carbocycles. The molecular formula is C19H30N2. The molecule has 2 nitrogen and oxygen atoms in total. The van der Waals surface area contributed by atoms with Gasteiger partial charge < -0.3 is 5.32 Å². The standard InChI is InChI=1S/C19H30N2/c1-3-13-21(14-15-11-12-15)18-10-6-8-16-7-4-5-9-17(16)19(18)20-2/h4-5,7,9,15,18-20H,3,6,8,10-14H2,1-2H3. The first-order valence-corrected chi connectivity index (χ1v) is 8.82. The fourth-order valence-electron chi connectivity index (χ4n) is 3.99. The van der Waals surface area contributed by atoms with E-state index in [0.29, 0.717) is 12.1 Å². The van der Waals surface area contributed by atoms with Crippen LogP contribution in [-0.4, -0.2) is 31.1 Å². The summed E-state index contributed by atoms with van der Waals surface area (Å²) in [5.41, 5.74) is 3.10. The molecular weight excluding hydrogens is 256 g/mol. The number of hydrogen-bond acceptors (Lipinski definition) is 2. The zero-order valence-electron chi connectivity index (χ0n) is 13.6. The number of aryl methyl sites for hydroxylation is 1. The molecule has 0 aliphatic heterocycles. The van der Waals surface area contributed by atoms with Crippen molar-refractivity contribution in [2.24, 2.45) is 5.92 Å². The van der Waals surface area contributed by atoms with E-state index in [0.717, 1.165) is 5.92 Å². The largest absolute Gasteiger partial charge is 0.312 e. The van der Waals surface area contributed by atoms with Crippen LogP contribution in [0.5, 0.6) is 0 Å². The Labute approximate surface area is 129 Å². The molecule has 1 N–H and O–H groups in total. The molecule has 1 aromatic carbocycles. The van der Waals surface area contributed by atoms with Crippen LogP contribution in [0, 0.1) is 5.92 Å². The van der Waals surface area contributed by atoms with Crippen LogP contribution in [0.25, 0.3) is 0 Å². The van der Waals surface area contributed by atoms with Crippen LogP contribution in [0.1, 0.15) is 56.2 Å². The highest BCUT2D eigenvalue weighted by Crippen LogP contribution is 2.35. The molecule has 0 heterocycles. The van der Waals surface area contributed by atoms with Crippen molar-refractivity contribution in [2.75, 3.05) is 20.1 Å². The Morgan fingerprint density at radius 3 is 2.71 bits per heavy atom. The Morgan fingerprint density at radius 1 is 1.19 bits per heavy atom. The van der Waals surface area contributed by atoms with Crippen LogP contribution in [-0.2, 0) is 6.42 Å². The molecule has 116 valence electrons. The topological polar surface area (TPSA) is 15.3 Å². The molecule has 2 unspecified atom stereocenters. The first-order chi connectivity index (χ1) is 10.3. The summed E-state index contributed by atoms with van der Waals surface area (Å²) in [6.45, 7) is 4.89. The third kappa shape index (κ3) is 3.49. The van der Waals surface area contributed by atoms with Gasteiger partial charge in [0.15, 0.2) is 0 Å². The monoisotopic (exact) mass is 286 g/mol. The van der Waals surface area contributed by atoms with Gasteiger partial charge in [-0.05, 0) is 69.2 Å². The van der Waals surface area contributed by atoms with E-state index in [1.54, 1.807) is 11.1 Å². The Kier molecular flexibility index (Phi) is 4.97. The van der Waals surface area contributed by atoms with Crippen molar-refractivity contribution in [3.8, 4) is 0 Å². The lowest BCUT2D eigenvalue weighted by molar-refractivity contribution is 0.144. The van der Waals surface area contributed by atoms with Gasteiger partial charge in [-0.2, -0.15) is 0 Å². The summed E-state index contributed by atoms with van der Waals surface area (Å²) in [6, 6.07) is 10.2. The SMILES string of the molecule is CCCN(CC1CC1)C1CCCc2ccccc2C1NC. The smallest absolute Gasteiger partial charge is 0.0478 e. The van der Waals surface area contributed by atoms with Crippen molar-refractivity contribution in [2.45, 2.75) is 57.5 Å². The molecule has 2 atom stereocenters. The van der Waals surface area contributed by atoms with E-state index in [2.05, 4.69) is 48.5 Å². The zero-order chi connectivity index (χ0) is 14.7. The van der Waals surface area contributed by atoms with Gasteiger partial charge in [-0.25, -0.2) is 0 Å². The fourth-order valence-corrected chi connectivity index (χ4v) is 3.99. The van der Waals surface area contributed by atoms with E-state index in [9.17, 15) is 0 Å². The normalized spacial score (nSPS) is 25.7. The van der Waals surface area contributed by atoms with E-state index >= 15 is 0 Å². The van der Waals surface area contributed by atoms with E-state index < -0.39 is 0 Å². The summed E-state index contributed by atoms with van der Waals surface area (Å²) in [5, 5.41) is 3.64. The Balaban J connectivity index is 1.84. The minimum atomic E-state index is 0.494. The first-order valence-electron chi connectivity index (χ1n) is 8.82. The van der Waals surface area contributed by atoms with Gasteiger partial charge in [0.25, 0.3) is 0 Å². The quantitative estimate of drug-likeness (QED) is 0.801. The number of likely N-dealkylation sites (N-methyl/N-ethyl adjacent to an activating group) is 1. The number of benzene rings is 1. The average molecular weight is 286 g/mol. The highest BCUT2D eigenvalue weighted by Gasteiger charge is 2.33. The van der Waals surface area contributed by atoms with E-state index in [1.165, 1.54) is 51.6 Å². The van der Waals surface area contributed by atoms with Crippen LogP contribution >= 0.6 is 0 Å². The van der Waals surface area contributed by atoms with E-state index in [4.69, 9.17) is 0 Å². The number of rotatable bonds is 6. The Morgan fingerprint density at radius 2 is 2.00 bits per heavy atom. The minimum Gasteiger partial charge on any atom is -0.312 e. The van der Waals surface area contributed by atoms with Crippen molar-refractivity contribution in [1.82, 2.24) is 10.2 Å². The van der Waals surface area contributed by atoms with Crippen LogP contribution < -0.4 is 5.32 Å². The van der Waals surface area contributed by atoms with Gasteiger partial charge in [0, 0.05) is 18.6 Å². The van der Waals surface area contributed by atoms with Gasteiger partial charge >= 0.3 is 0 Å². The van der Waals surface area contributed by atoms with Gasteiger partial charge in [0.05, 0.1) is 0 Å². The van der Waals surface area contributed by atoms with Crippen LogP contribution in [0.15, 0.2) is 24.3 Å². The van der Waals surface area contributed by atoms with Gasteiger partial charge in [-0.3, -0.25) is 4.90 Å². The number of hydrogen-bond donors (Lipinski definition) is 1. The molecule has 1 fully saturated rings. The molecule has 0 saturated heterocycles. The molecule has 3 rings (SSSR count). The van der Waals surface area contributed by atoms with E-state index in [-0.39, 0.29) is 0 Å². The minimum absolute atomic E-state index is 0.494. The summed E-state index contributed by atoms with van der Waals surface area (Å²) in [5.74, 6) is 0.979. The van der Waals surface area contributed by atoms with Crippen molar-refractivity contribution < 1.29 is 0 Å². The molecule has 2 heteroatoms. The highest BCUT2D eigenvalue weighted by molar-refractivity contribution is 5.32. The van der Waals surface area contributed by atoms with Crippen molar-refractivity contribution in [3.05, 3.63) is 35.4 Å². The zero-order valence-corrected chi connectivity index (χ0v) is 13.6. The third-order valence-electron chi connectivity index (χ3n) is 5.20. The molecule has 0 radical (unpaired) electrons. The fraction of sp³-hybridized carbons (Fsp3) is 0.684. The van der Waals surface area contributed by atoms with Crippen LogP contribution in [0.3, 0.4) is 0 Å². The lowest BCUT2D eigenvalue weighted by Crippen LogP contribution is -2.45. The average Bonchev–Trinajstić information content (AvgIpc) is 3.32. The predicted octanol–water partition coefficient (Wildman–Crippen LogP) is 3.77. The highest BCUT2D eigenvalue weighted by atomic mass is 15.2. The van der Waals surface area contributed by atoms with Gasteiger partial charge in [-0.15, -0.1) is 0 Å². The summed E-state index contributed by atoms with van der Waals surface area (Å²) < 4.78 is 0. The molecule has 2 aliphatic rings. The maximum Gasteiger partial charge on any atom is 0.0478 e. The molecule has 1 aromatic rings. The van der Waals surface area contributed by atoms with Crippen LogP contribution in [0.2, 0.25) is 0 Å². The molecule has 0 spiro atoms. The second-order valence-electron chi connectivity index (χ2n) is 6.86. The van der Waals surface area contributed by atoms with Crippen molar-refractivity contribution in [1.29, 1.82) is 0 Å². The molecule has 0 aromatic heterocycles. The number of fused-ring (bicyclic) bond motifs is 1. The maximum atomic E-state index is 3.64. The lowest BCUT2D eigenvalue weighted by atomic mass is 9.95. The number of nitrogens with zero attached hydrogens (tertiary/aromatic N) is 1. The van der Waals surface area contributed by atoms with Gasteiger partial charge in [-0.1, -0.05) is 31.2 Å². The first kappa shape index (κ1) is 15.1. The Hall–Kier alpha value is -0.860. The summed E-state index contributed by atoms with van der Waals surface area (Å²) in [7, 11) is 2.14. The predicted molar refractivity (Wildman–Crippen MR) is 89.6 cm³/mol. The van der Waals surface area contributed by atoms with Gasteiger partial charge in [0.2, 0.25) is 0 Å². The molecule has 0 amide bonds. The second kappa shape index (κ2) is 6.93. The van der Waals surface area contributed by atoms with Gasteiger partial charge in [0.1, 0.15) is 0 Å². The van der Waals surface area contributed by atoms with E-state index in [1.807, 2.05) is 0 Å². The van der Waals surface area contributed by atoms with Crippen molar-refractivity contribution in [3.63, 3.8) is 0 Å². The molecule has 21 heavy (non-hydrogen) atoms.